The lowest BCUT2D eigenvalue weighted by molar-refractivity contribution is -0.331. The molecule has 0 saturated carbocycles. The molecule has 0 spiro atoms. The second-order valence-corrected chi connectivity index (χ2v) is 9.80. The fourth-order valence-corrected chi connectivity index (χ4v) is 4.63. The zero-order chi connectivity index (χ0) is 27.8. The van der Waals surface area contributed by atoms with Gasteiger partial charge in [0.1, 0.15) is 12.2 Å². The molecular weight excluding hydrogens is 504 g/mol. The van der Waals surface area contributed by atoms with Crippen LogP contribution in [0.3, 0.4) is 0 Å². The Morgan fingerprint density at radius 2 is 1.56 bits per heavy atom. The van der Waals surface area contributed by atoms with Crippen LogP contribution in [0.4, 0.5) is 0 Å². The van der Waals surface area contributed by atoms with E-state index in [1.165, 1.54) is 0 Å². The van der Waals surface area contributed by atoms with Gasteiger partial charge in [0, 0.05) is 30.6 Å². The Kier molecular flexibility index (Phi) is 10.8. The van der Waals surface area contributed by atoms with Gasteiger partial charge in [-0.15, -0.1) is 0 Å². The zero-order valence-electron chi connectivity index (χ0n) is 21.9. The van der Waals surface area contributed by atoms with E-state index in [9.17, 15) is 20.4 Å². The van der Waals surface area contributed by atoms with Gasteiger partial charge in [0.2, 0.25) is 0 Å². The Morgan fingerprint density at radius 3 is 2.21 bits per heavy atom. The summed E-state index contributed by atoms with van der Waals surface area (Å²) < 4.78 is 27.5. The van der Waals surface area contributed by atoms with E-state index >= 15 is 0 Å². The number of hydrogen-bond acceptors (Lipinski definition) is 9. The standard InChI is InChI=1S/C15H18O5.C15H20O4/c1-2-9-3-5-10(6-4-9)15-18-8-12-14(20-15)11(16)7-13(17)19-12;1-2-11-3-5-12(6-4-11)15(17)19-10-14-9-13(16)7-8-18-14/h2-6,11-17H,1,7-8H2;2-6,13-17H,1,7-10H2/t11?,12?,13-,14-,15?;/m0./s1. The molecule has 9 heteroatoms. The molecule has 212 valence electrons. The zero-order valence-corrected chi connectivity index (χ0v) is 21.9. The van der Waals surface area contributed by atoms with E-state index in [0.717, 1.165) is 16.7 Å². The smallest absolute Gasteiger partial charge is 0.184 e. The fourth-order valence-electron chi connectivity index (χ4n) is 4.63. The van der Waals surface area contributed by atoms with Crippen molar-refractivity contribution in [1.82, 2.24) is 0 Å². The number of benzene rings is 2. The first-order chi connectivity index (χ1) is 18.9. The molecule has 0 amide bonds. The minimum absolute atomic E-state index is 0.147. The van der Waals surface area contributed by atoms with Gasteiger partial charge in [0.15, 0.2) is 18.9 Å². The van der Waals surface area contributed by atoms with E-state index in [0.29, 0.717) is 25.0 Å². The monoisotopic (exact) mass is 542 g/mol. The summed E-state index contributed by atoms with van der Waals surface area (Å²) >= 11 is 0. The third-order valence-corrected chi connectivity index (χ3v) is 6.89. The van der Waals surface area contributed by atoms with Gasteiger partial charge in [-0.05, 0) is 17.5 Å². The van der Waals surface area contributed by atoms with E-state index < -0.39 is 37.2 Å². The highest BCUT2D eigenvalue weighted by atomic mass is 16.7. The quantitative estimate of drug-likeness (QED) is 0.391. The maximum Gasteiger partial charge on any atom is 0.184 e. The largest absolute Gasteiger partial charge is 0.393 e. The molecule has 3 saturated heterocycles. The number of ether oxygens (including phenoxy) is 5. The first-order valence-corrected chi connectivity index (χ1v) is 13.2. The van der Waals surface area contributed by atoms with Crippen LogP contribution < -0.4 is 0 Å². The Morgan fingerprint density at radius 1 is 0.897 bits per heavy atom. The van der Waals surface area contributed by atoms with Crippen LogP contribution >= 0.6 is 0 Å². The SMILES string of the molecule is C=Cc1ccc(C(O)OCC2CC(O)CCO2)cc1.C=Cc1ccc(C2OCC3O[C@H](O)CC(O)[C@@H]3O2)cc1. The minimum Gasteiger partial charge on any atom is -0.393 e. The summed E-state index contributed by atoms with van der Waals surface area (Å²) in [6, 6.07) is 15.0. The predicted octanol–water partition coefficient (Wildman–Crippen LogP) is 3.09. The third kappa shape index (κ3) is 8.28. The van der Waals surface area contributed by atoms with Crippen molar-refractivity contribution in [1.29, 1.82) is 0 Å². The molecule has 2 aromatic rings. The molecule has 0 aromatic heterocycles. The van der Waals surface area contributed by atoms with E-state index in [1.54, 1.807) is 24.3 Å². The van der Waals surface area contributed by atoms with Crippen LogP contribution in [-0.4, -0.2) is 77.1 Å². The lowest BCUT2D eigenvalue weighted by atomic mass is 10.0. The van der Waals surface area contributed by atoms with Crippen molar-refractivity contribution < 1.29 is 44.1 Å². The molecule has 4 N–H and O–H groups in total. The van der Waals surface area contributed by atoms with Crippen LogP contribution in [0.5, 0.6) is 0 Å². The maximum atomic E-state index is 9.99. The van der Waals surface area contributed by atoms with Crippen LogP contribution in [0.15, 0.2) is 61.7 Å². The molecule has 0 bridgehead atoms. The molecule has 3 aliphatic rings. The van der Waals surface area contributed by atoms with E-state index in [1.807, 2.05) is 36.4 Å². The average molecular weight is 543 g/mol. The van der Waals surface area contributed by atoms with Gasteiger partial charge in [-0.1, -0.05) is 73.8 Å². The lowest BCUT2D eigenvalue weighted by Gasteiger charge is -2.43. The van der Waals surface area contributed by atoms with E-state index in [2.05, 4.69) is 13.2 Å². The molecule has 3 aliphatic heterocycles. The lowest BCUT2D eigenvalue weighted by Crippen LogP contribution is -2.54. The van der Waals surface area contributed by atoms with Crippen molar-refractivity contribution in [2.75, 3.05) is 19.8 Å². The van der Waals surface area contributed by atoms with Crippen molar-refractivity contribution in [3.8, 4) is 0 Å². The minimum atomic E-state index is -0.971. The van der Waals surface area contributed by atoms with Crippen molar-refractivity contribution in [2.24, 2.45) is 0 Å². The van der Waals surface area contributed by atoms with Crippen molar-refractivity contribution in [3.63, 3.8) is 0 Å². The molecule has 5 rings (SSSR count). The summed E-state index contributed by atoms with van der Waals surface area (Å²) in [5.41, 5.74) is 3.59. The second kappa shape index (κ2) is 14.3. The van der Waals surface area contributed by atoms with E-state index in [-0.39, 0.29) is 31.8 Å². The summed E-state index contributed by atoms with van der Waals surface area (Å²) in [6.45, 7) is 8.49. The molecular formula is C30H38O9. The molecule has 3 heterocycles. The van der Waals surface area contributed by atoms with Crippen LogP contribution in [-0.2, 0) is 23.7 Å². The molecule has 8 atom stereocenters. The molecule has 9 nitrogen and oxygen atoms in total. The van der Waals surface area contributed by atoms with Gasteiger partial charge in [0.25, 0.3) is 0 Å². The van der Waals surface area contributed by atoms with Crippen LogP contribution in [0.25, 0.3) is 12.2 Å². The van der Waals surface area contributed by atoms with Crippen LogP contribution in [0.1, 0.15) is 54.1 Å². The van der Waals surface area contributed by atoms with Gasteiger partial charge in [0.05, 0.1) is 31.5 Å². The number of fused-ring (bicyclic) bond motifs is 1. The fraction of sp³-hybridized carbons (Fsp3) is 0.467. The topological polar surface area (TPSA) is 127 Å². The average Bonchev–Trinajstić information content (AvgIpc) is 2.96. The van der Waals surface area contributed by atoms with Gasteiger partial charge in [-0.25, -0.2) is 0 Å². The highest BCUT2D eigenvalue weighted by molar-refractivity contribution is 5.48. The summed E-state index contributed by atoms with van der Waals surface area (Å²) in [7, 11) is 0. The Bertz CT molecular complexity index is 1040. The number of aliphatic hydroxyl groups excluding tert-OH is 4. The van der Waals surface area contributed by atoms with Gasteiger partial charge < -0.3 is 44.1 Å². The van der Waals surface area contributed by atoms with Gasteiger partial charge >= 0.3 is 0 Å². The first kappa shape index (κ1) is 29.5. The summed E-state index contributed by atoms with van der Waals surface area (Å²) in [6.07, 6.45) is 0.310. The molecule has 39 heavy (non-hydrogen) atoms. The number of aliphatic hydroxyl groups is 4. The molecule has 6 unspecified atom stereocenters. The summed E-state index contributed by atoms with van der Waals surface area (Å²) in [4.78, 5) is 0. The van der Waals surface area contributed by atoms with Crippen molar-refractivity contribution in [3.05, 3.63) is 83.9 Å². The van der Waals surface area contributed by atoms with Gasteiger partial charge in [-0.3, -0.25) is 0 Å². The summed E-state index contributed by atoms with van der Waals surface area (Å²) in [5.74, 6) is 0. The van der Waals surface area contributed by atoms with Crippen molar-refractivity contribution >= 4 is 12.2 Å². The van der Waals surface area contributed by atoms with Gasteiger partial charge in [-0.2, -0.15) is 0 Å². The molecule has 0 radical (unpaired) electrons. The van der Waals surface area contributed by atoms with Crippen LogP contribution in [0.2, 0.25) is 0 Å². The first-order valence-electron chi connectivity index (χ1n) is 13.2. The highest BCUT2D eigenvalue weighted by Gasteiger charge is 2.43. The normalized spacial score (nSPS) is 31.2. The Hall–Kier alpha value is -2.44. The highest BCUT2D eigenvalue weighted by Crippen LogP contribution is 2.33. The second-order valence-electron chi connectivity index (χ2n) is 9.80. The predicted molar refractivity (Wildman–Crippen MR) is 144 cm³/mol. The number of hydrogen-bond donors (Lipinski definition) is 4. The molecule has 3 fully saturated rings. The molecule has 2 aromatic carbocycles. The maximum absolute atomic E-state index is 9.99. The Labute approximate surface area is 228 Å². The third-order valence-electron chi connectivity index (χ3n) is 6.89. The summed E-state index contributed by atoms with van der Waals surface area (Å²) in [5, 5.41) is 38.9. The van der Waals surface area contributed by atoms with Crippen LogP contribution in [0, 0.1) is 0 Å². The van der Waals surface area contributed by atoms with E-state index in [4.69, 9.17) is 23.7 Å². The van der Waals surface area contributed by atoms with Crippen molar-refractivity contribution in [2.45, 2.75) is 68.7 Å². The number of rotatable bonds is 7. The Balaban J connectivity index is 0.000000181. The molecule has 0 aliphatic carbocycles.